The SMILES string of the molecule is CC(C)[C@@H](NC(=O)Nc1ccccn1)c1cccs1. The zero-order chi connectivity index (χ0) is 13.7. The van der Waals surface area contributed by atoms with Crippen molar-refractivity contribution in [3.8, 4) is 0 Å². The van der Waals surface area contributed by atoms with Gasteiger partial charge < -0.3 is 5.32 Å². The molecule has 0 aromatic carbocycles. The molecule has 100 valence electrons. The van der Waals surface area contributed by atoms with Crippen LogP contribution >= 0.6 is 11.3 Å². The quantitative estimate of drug-likeness (QED) is 0.894. The van der Waals surface area contributed by atoms with Crippen LogP contribution in [0.4, 0.5) is 10.6 Å². The second-order valence-electron chi connectivity index (χ2n) is 4.55. The van der Waals surface area contributed by atoms with Gasteiger partial charge in [-0.2, -0.15) is 0 Å². The van der Waals surface area contributed by atoms with E-state index in [1.165, 1.54) is 0 Å². The summed E-state index contributed by atoms with van der Waals surface area (Å²) >= 11 is 1.65. The molecule has 2 amide bonds. The molecule has 2 heterocycles. The summed E-state index contributed by atoms with van der Waals surface area (Å²) in [5, 5.41) is 7.74. The van der Waals surface area contributed by atoms with Crippen LogP contribution in [0.15, 0.2) is 41.9 Å². The first-order chi connectivity index (χ1) is 9.16. The minimum absolute atomic E-state index is 0.0173. The molecule has 4 nitrogen and oxygen atoms in total. The summed E-state index contributed by atoms with van der Waals surface area (Å²) in [6, 6.07) is 9.22. The number of nitrogens with one attached hydrogen (secondary N) is 2. The van der Waals surface area contributed by atoms with E-state index in [-0.39, 0.29) is 12.1 Å². The Labute approximate surface area is 116 Å². The van der Waals surface area contributed by atoms with Crippen LogP contribution in [-0.2, 0) is 0 Å². The van der Waals surface area contributed by atoms with Gasteiger partial charge in [0.05, 0.1) is 6.04 Å². The zero-order valence-corrected chi connectivity index (χ0v) is 11.8. The fourth-order valence-corrected chi connectivity index (χ4v) is 2.71. The molecule has 0 aliphatic rings. The lowest BCUT2D eigenvalue weighted by molar-refractivity contribution is 0.245. The predicted molar refractivity (Wildman–Crippen MR) is 78.3 cm³/mol. The van der Waals surface area contributed by atoms with Gasteiger partial charge in [0.15, 0.2) is 0 Å². The van der Waals surface area contributed by atoms with Gasteiger partial charge in [-0.15, -0.1) is 11.3 Å². The molecule has 0 unspecified atom stereocenters. The number of anilines is 1. The minimum atomic E-state index is -0.231. The molecule has 2 rings (SSSR count). The molecule has 2 aromatic rings. The van der Waals surface area contributed by atoms with Crippen LogP contribution < -0.4 is 10.6 Å². The van der Waals surface area contributed by atoms with Crippen LogP contribution in [0.1, 0.15) is 24.8 Å². The summed E-state index contributed by atoms with van der Waals surface area (Å²) in [7, 11) is 0. The molecule has 0 spiro atoms. The molecule has 5 heteroatoms. The van der Waals surface area contributed by atoms with E-state index >= 15 is 0 Å². The fraction of sp³-hybridized carbons (Fsp3) is 0.286. The van der Waals surface area contributed by atoms with Gasteiger partial charge in [0.1, 0.15) is 5.82 Å². The Morgan fingerprint density at radius 2 is 2.11 bits per heavy atom. The normalized spacial score (nSPS) is 12.2. The van der Waals surface area contributed by atoms with Crippen molar-refractivity contribution in [3.63, 3.8) is 0 Å². The summed E-state index contributed by atoms with van der Waals surface area (Å²) in [5.41, 5.74) is 0. The van der Waals surface area contributed by atoms with Gasteiger partial charge in [0.2, 0.25) is 0 Å². The number of nitrogens with zero attached hydrogens (tertiary/aromatic N) is 1. The van der Waals surface area contributed by atoms with Crippen LogP contribution in [0.25, 0.3) is 0 Å². The summed E-state index contributed by atoms with van der Waals surface area (Å²) in [6.07, 6.45) is 1.65. The number of carbonyl (C=O) groups excluding carboxylic acids is 1. The molecule has 0 saturated heterocycles. The lowest BCUT2D eigenvalue weighted by Gasteiger charge is -2.21. The third-order valence-electron chi connectivity index (χ3n) is 2.71. The number of thiophene rings is 1. The van der Waals surface area contributed by atoms with Gasteiger partial charge in [0.25, 0.3) is 0 Å². The average Bonchev–Trinajstić information content (AvgIpc) is 2.90. The Kier molecular flexibility index (Phi) is 4.52. The first kappa shape index (κ1) is 13.5. The number of carbonyl (C=O) groups is 1. The molecule has 0 fully saturated rings. The maximum absolute atomic E-state index is 12.0. The van der Waals surface area contributed by atoms with Crippen LogP contribution in [0.5, 0.6) is 0 Å². The summed E-state index contributed by atoms with van der Waals surface area (Å²) < 4.78 is 0. The van der Waals surface area contributed by atoms with Crippen molar-refractivity contribution in [1.29, 1.82) is 0 Å². The van der Waals surface area contributed by atoms with E-state index in [0.29, 0.717) is 11.7 Å². The first-order valence-electron chi connectivity index (χ1n) is 6.19. The third-order valence-corrected chi connectivity index (χ3v) is 3.66. The summed E-state index contributed by atoms with van der Waals surface area (Å²) in [5.74, 6) is 0.877. The Balaban J connectivity index is 2.00. The molecular formula is C14H17N3OS. The van der Waals surface area contributed by atoms with Gasteiger partial charge >= 0.3 is 6.03 Å². The topological polar surface area (TPSA) is 54.0 Å². The van der Waals surface area contributed by atoms with E-state index in [2.05, 4.69) is 29.5 Å². The number of aromatic nitrogens is 1. The average molecular weight is 275 g/mol. The molecule has 2 aromatic heterocycles. The van der Waals surface area contributed by atoms with E-state index < -0.39 is 0 Å². The maximum atomic E-state index is 12.0. The Morgan fingerprint density at radius 1 is 1.26 bits per heavy atom. The second kappa shape index (κ2) is 6.33. The van der Waals surface area contributed by atoms with E-state index in [0.717, 1.165) is 4.88 Å². The number of hydrogen-bond donors (Lipinski definition) is 2. The Hall–Kier alpha value is -1.88. The number of hydrogen-bond acceptors (Lipinski definition) is 3. The van der Waals surface area contributed by atoms with Gasteiger partial charge in [-0.25, -0.2) is 9.78 Å². The van der Waals surface area contributed by atoms with E-state index in [4.69, 9.17) is 0 Å². The van der Waals surface area contributed by atoms with Gasteiger partial charge in [-0.3, -0.25) is 5.32 Å². The summed E-state index contributed by atoms with van der Waals surface area (Å²) in [4.78, 5) is 17.2. The Bertz CT molecular complexity index is 511. The smallest absolute Gasteiger partial charge is 0.320 e. The molecule has 0 radical (unpaired) electrons. The highest BCUT2D eigenvalue weighted by Gasteiger charge is 2.19. The number of amides is 2. The molecule has 19 heavy (non-hydrogen) atoms. The standard InChI is InChI=1S/C14H17N3OS/c1-10(2)13(11-6-5-9-19-11)17-14(18)16-12-7-3-4-8-15-12/h3-10,13H,1-2H3,(H2,15,16,17,18)/t13-/m1/s1. The van der Waals surface area contributed by atoms with Gasteiger partial charge in [-0.1, -0.05) is 26.0 Å². The number of urea groups is 1. The second-order valence-corrected chi connectivity index (χ2v) is 5.53. The minimum Gasteiger partial charge on any atom is -0.330 e. The lowest BCUT2D eigenvalue weighted by Crippen LogP contribution is -2.34. The van der Waals surface area contributed by atoms with Gasteiger partial charge in [0, 0.05) is 11.1 Å². The molecular weight excluding hydrogens is 258 g/mol. The van der Waals surface area contributed by atoms with Crippen molar-refractivity contribution in [2.45, 2.75) is 19.9 Å². The highest BCUT2D eigenvalue weighted by molar-refractivity contribution is 7.10. The maximum Gasteiger partial charge on any atom is 0.320 e. The van der Waals surface area contributed by atoms with Crippen LogP contribution in [0, 0.1) is 5.92 Å². The molecule has 1 atom stereocenters. The van der Waals surface area contributed by atoms with Crippen LogP contribution in [0.2, 0.25) is 0 Å². The lowest BCUT2D eigenvalue weighted by atomic mass is 10.0. The molecule has 0 aliphatic heterocycles. The van der Waals surface area contributed by atoms with Crippen molar-refractivity contribution < 1.29 is 4.79 Å². The van der Waals surface area contributed by atoms with Crippen LogP contribution in [0.3, 0.4) is 0 Å². The highest BCUT2D eigenvalue weighted by Crippen LogP contribution is 2.25. The van der Waals surface area contributed by atoms with Crippen molar-refractivity contribution in [1.82, 2.24) is 10.3 Å². The van der Waals surface area contributed by atoms with E-state index in [1.807, 2.05) is 29.6 Å². The fourth-order valence-electron chi connectivity index (χ4n) is 1.76. The van der Waals surface area contributed by atoms with Crippen molar-refractivity contribution in [3.05, 3.63) is 46.8 Å². The Morgan fingerprint density at radius 3 is 2.68 bits per heavy atom. The monoisotopic (exact) mass is 275 g/mol. The molecule has 0 bridgehead atoms. The molecule has 2 N–H and O–H groups in total. The molecule has 0 saturated carbocycles. The van der Waals surface area contributed by atoms with Crippen molar-refractivity contribution in [2.75, 3.05) is 5.32 Å². The largest absolute Gasteiger partial charge is 0.330 e. The number of rotatable bonds is 4. The first-order valence-corrected chi connectivity index (χ1v) is 7.06. The summed E-state index contributed by atoms with van der Waals surface area (Å²) in [6.45, 7) is 4.18. The number of pyridine rings is 1. The van der Waals surface area contributed by atoms with Gasteiger partial charge in [-0.05, 0) is 29.5 Å². The zero-order valence-electron chi connectivity index (χ0n) is 11.0. The van der Waals surface area contributed by atoms with Crippen molar-refractivity contribution >= 4 is 23.2 Å². The molecule has 0 aliphatic carbocycles. The van der Waals surface area contributed by atoms with Crippen molar-refractivity contribution in [2.24, 2.45) is 5.92 Å². The van der Waals surface area contributed by atoms with Crippen LogP contribution in [-0.4, -0.2) is 11.0 Å². The van der Waals surface area contributed by atoms with E-state index in [9.17, 15) is 4.79 Å². The highest BCUT2D eigenvalue weighted by atomic mass is 32.1. The van der Waals surface area contributed by atoms with E-state index in [1.54, 1.807) is 23.6 Å². The third kappa shape index (κ3) is 3.79. The predicted octanol–water partition coefficient (Wildman–Crippen LogP) is 3.66.